The summed E-state index contributed by atoms with van der Waals surface area (Å²) in [6, 6.07) is 28.8. The van der Waals surface area contributed by atoms with E-state index in [1.54, 1.807) is 17.0 Å². The van der Waals surface area contributed by atoms with Gasteiger partial charge in [0, 0.05) is 29.8 Å². The van der Waals surface area contributed by atoms with Gasteiger partial charge in [0.05, 0.1) is 12.6 Å². The number of aliphatic imine (C=N–C) groups is 1. The van der Waals surface area contributed by atoms with Gasteiger partial charge in [0.25, 0.3) is 6.73 Å². The molecular weight excluding hydrogens is 454 g/mol. The van der Waals surface area contributed by atoms with Crippen molar-refractivity contribution in [3.8, 4) is 16.9 Å². The second-order valence-electron chi connectivity index (χ2n) is 8.09. The molecule has 0 unspecified atom stereocenters. The molecule has 0 radical (unpaired) electrons. The first kappa shape index (κ1) is 24.5. The number of benzene rings is 3. The Labute approximate surface area is 210 Å². The number of aromatic nitrogens is 1. The summed E-state index contributed by atoms with van der Waals surface area (Å²) in [5.74, 6) is 0.460. The second-order valence-corrected chi connectivity index (χ2v) is 8.09. The summed E-state index contributed by atoms with van der Waals surface area (Å²) in [7, 11) is 0. The van der Waals surface area contributed by atoms with E-state index < -0.39 is 6.02 Å². The number of anilines is 1. The average Bonchev–Trinajstić information content (AvgIpc) is 2.91. The minimum Gasteiger partial charge on any atom is -0.846 e. The standard InChI is InChI=1S/C29H27N3O4/c1-22(33)36-21-32-17-7-8-24(19-32)18-30-29(34)31-26-15-13-23(14-16-26)20-35-28-12-6-5-11-27(28)25-9-3-2-4-10-25/h2-17,19H,18,20-21H2,1H3,(H-,30,31,34). The van der Waals surface area contributed by atoms with Crippen molar-refractivity contribution in [2.75, 3.05) is 5.32 Å². The molecule has 4 rings (SSSR count). The Kier molecular flexibility index (Phi) is 8.27. The van der Waals surface area contributed by atoms with Crippen LogP contribution in [-0.4, -0.2) is 12.0 Å². The van der Waals surface area contributed by atoms with Crippen LogP contribution in [-0.2, 0) is 29.4 Å². The minimum atomic E-state index is -0.439. The first-order valence-electron chi connectivity index (χ1n) is 11.5. The van der Waals surface area contributed by atoms with Crippen LogP contribution in [0.4, 0.5) is 5.69 Å². The lowest BCUT2D eigenvalue weighted by Crippen LogP contribution is -2.35. The molecule has 0 saturated carbocycles. The van der Waals surface area contributed by atoms with E-state index in [0.717, 1.165) is 28.0 Å². The van der Waals surface area contributed by atoms with Gasteiger partial charge in [0.2, 0.25) is 0 Å². The summed E-state index contributed by atoms with van der Waals surface area (Å²) in [4.78, 5) is 15.0. The van der Waals surface area contributed by atoms with Crippen molar-refractivity contribution in [3.05, 3.63) is 115 Å². The third-order valence-corrected chi connectivity index (χ3v) is 5.31. The van der Waals surface area contributed by atoms with Crippen LogP contribution in [0.5, 0.6) is 5.75 Å². The number of hydrogen-bond donors (Lipinski definition) is 1. The molecule has 1 heterocycles. The Morgan fingerprint density at radius 2 is 1.67 bits per heavy atom. The number of amidine groups is 1. The van der Waals surface area contributed by atoms with Gasteiger partial charge in [-0.1, -0.05) is 60.7 Å². The maximum atomic E-state index is 12.3. The van der Waals surface area contributed by atoms with Crippen LogP contribution in [0, 0.1) is 0 Å². The fourth-order valence-corrected chi connectivity index (χ4v) is 3.54. The number of carbonyl (C=O) groups is 1. The van der Waals surface area contributed by atoms with Gasteiger partial charge in [0.15, 0.2) is 12.4 Å². The summed E-state index contributed by atoms with van der Waals surface area (Å²) in [5.41, 5.74) is 4.59. The van der Waals surface area contributed by atoms with Crippen LogP contribution in [0.1, 0.15) is 18.1 Å². The predicted octanol–water partition coefficient (Wildman–Crippen LogP) is 4.07. The van der Waals surface area contributed by atoms with E-state index in [-0.39, 0.29) is 19.2 Å². The molecule has 0 atom stereocenters. The largest absolute Gasteiger partial charge is 0.846 e. The maximum absolute atomic E-state index is 12.3. The highest BCUT2D eigenvalue weighted by atomic mass is 16.5. The van der Waals surface area contributed by atoms with Crippen molar-refractivity contribution >= 4 is 17.7 Å². The number of esters is 1. The van der Waals surface area contributed by atoms with Crippen LogP contribution in [0.3, 0.4) is 0 Å². The summed E-state index contributed by atoms with van der Waals surface area (Å²) in [6.45, 7) is 2.08. The third kappa shape index (κ3) is 7.17. The number of pyridine rings is 1. The molecule has 0 bridgehead atoms. The second kappa shape index (κ2) is 12.2. The van der Waals surface area contributed by atoms with Crippen LogP contribution >= 0.6 is 0 Å². The van der Waals surface area contributed by atoms with Gasteiger partial charge >= 0.3 is 5.97 Å². The number of para-hydroxylation sites is 1. The summed E-state index contributed by atoms with van der Waals surface area (Å²) < 4.78 is 12.8. The van der Waals surface area contributed by atoms with Crippen LogP contribution in [0.25, 0.3) is 11.1 Å². The highest BCUT2D eigenvalue weighted by molar-refractivity contribution is 5.85. The van der Waals surface area contributed by atoms with Gasteiger partial charge in [-0.2, -0.15) is 4.57 Å². The Balaban J connectivity index is 1.31. The molecule has 0 amide bonds. The van der Waals surface area contributed by atoms with E-state index in [0.29, 0.717) is 12.3 Å². The van der Waals surface area contributed by atoms with Gasteiger partial charge < -0.3 is 19.9 Å². The molecule has 0 aliphatic rings. The number of rotatable bonds is 9. The zero-order valence-corrected chi connectivity index (χ0v) is 20.0. The van der Waals surface area contributed by atoms with E-state index in [2.05, 4.69) is 22.4 Å². The fourth-order valence-electron chi connectivity index (χ4n) is 3.54. The van der Waals surface area contributed by atoms with Crippen LogP contribution in [0.15, 0.2) is 108 Å². The molecule has 0 aliphatic carbocycles. The molecule has 182 valence electrons. The minimum absolute atomic E-state index is 0.114. The van der Waals surface area contributed by atoms with Gasteiger partial charge in [0.1, 0.15) is 12.4 Å². The van der Waals surface area contributed by atoms with Crippen molar-refractivity contribution in [1.82, 2.24) is 0 Å². The zero-order valence-electron chi connectivity index (χ0n) is 20.0. The van der Waals surface area contributed by atoms with Crippen molar-refractivity contribution < 1.29 is 23.9 Å². The van der Waals surface area contributed by atoms with Crippen molar-refractivity contribution in [1.29, 1.82) is 0 Å². The molecule has 0 saturated heterocycles. The normalized spacial score (nSPS) is 11.1. The lowest BCUT2D eigenvalue weighted by atomic mass is 10.0. The molecule has 1 aromatic heterocycles. The topological polar surface area (TPSA) is 86.9 Å². The van der Waals surface area contributed by atoms with Crippen LogP contribution in [0.2, 0.25) is 0 Å². The predicted molar refractivity (Wildman–Crippen MR) is 136 cm³/mol. The lowest BCUT2D eigenvalue weighted by molar-refractivity contribution is -0.727. The number of hydrogen-bond acceptors (Lipinski definition) is 5. The van der Waals surface area contributed by atoms with Gasteiger partial charge in [-0.3, -0.25) is 9.79 Å². The molecule has 0 spiro atoms. The molecule has 1 N–H and O–H groups in total. The van der Waals surface area contributed by atoms with E-state index in [1.165, 1.54) is 6.92 Å². The van der Waals surface area contributed by atoms with Gasteiger partial charge in [-0.05, 0) is 35.4 Å². The summed E-state index contributed by atoms with van der Waals surface area (Å²) in [5, 5.41) is 15.1. The zero-order chi connectivity index (χ0) is 25.2. The number of carbonyl (C=O) groups excluding carboxylic acids is 1. The summed E-state index contributed by atoms with van der Waals surface area (Å²) in [6.07, 6.45) is 3.56. The van der Waals surface area contributed by atoms with Crippen molar-refractivity contribution in [2.45, 2.75) is 26.8 Å². The Bertz CT molecular complexity index is 1320. The van der Waals surface area contributed by atoms with Crippen LogP contribution < -0.4 is 19.7 Å². The summed E-state index contributed by atoms with van der Waals surface area (Å²) >= 11 is 0. The molecule has 0 aliphatic heterocycles. The molecule has 7 heteroatoms. The first-order valence-corrected chi connectivity index (χ1v) is 11.5. The monoisotopic (exact) mass is 481 g/mol. The van der Waals surface area contributed by atoms with E-state index in [1.807, 2.05) is 78.9 Å². The lowest BCUT2D eigenvalue weighted by Gasteiger charge is -2.15. The highest BCUT2D eigenvalue weighted by Gasteiger charge is 2.06. The first-order chi connectivity index (χ1) is 17.6. The molecule has 36 heavy (non-hydrogen) atoms. The van der Waals surface area contributed by atoms with Gasteiger partial charge in [-0.25, -0.2) is 0 Å². The molecule has 0 fully saturated rings. The molecule has 7 nitrogen and oxygen atoms in total. The third-order valence-electron chi connectivity index (χ3n) is 5.31. The maximum Gasteiger partial charge on any atom is 0.307 e. The van der Waals surface area contributed by atoms with E-state index in [9.17, 15) is 9.90 Å². The SMILES string of the molecule is CC(=O)OC[n+]1cccc(CN=C([O-])Nc2ccc(COc3ccccc3-c3ccccc3)cc2)c1. The number of nitrogens with zero attached hydrogens (tertiary/aromatic N) is 2. The van der Waals surface area contributed by atoms with E-state index >= 15 is 0 Å². The molecular formula is C29H27N3O4. The Hall–Kier alpha value is -4.65. The number of nitrogens with one attached hydrogen (secondary N) is 1. The fraction of sp³-hybridized carbons (Fsp3) is 0.138. The Morgan fingerprint density at radius 3 is 2.44 bits per heavy atom. The van der Waals surface area contributed by atoms with E-state index in [4.69, 9.17) is 9.47 Å². The average molecular weight is 482 g/mol. The molecule has 4 aromatic rings. The number of ether oxygens (including phenoxy) is 2. The quantitative estimate of drug-likeness (QED) is 0.169. The van der Waals surface area contributed by atoms with Gasteiger partial charge in [-0.15, -0.1) is 0 Å². The van der Waals surface area contributed by atoms with Crippen molar-refractivity contribution in [3.63, 3.8) is 0 Å². The smallest absolute Gasteiger partial charge is 0.307 e. The Morgan fingerprint density at radius 1 is 0.917 bits per heavy atom. The van der Waals surface area contributed by atoms with Crippen molar-refractivity contribution in [2.24, 2.45) is 4.99 Å². The highest BCUT2D eigenvalue weighted by Crippen LogP contribution is 2.30. The molecule has 3 aromatic carbocycles.